The molecule has 122 valence electrons. The Labute approximate surface area is 134 Å². The number of likely N-dealkylation sites (tertiary alicyclic amines) is 1. The Morgan fingerprint density at radius 2 is 2.00 bits per heavy atom. The van der Waals surface area contributed by atoms with Gasteiger partial charge in [0.25, 0.3) is 0 Å². The largest absolute Gasteiger partial charge is 0.336 e. The summed E-state index contributed by atoms with van der Waals surface area (Å²) in [7, 11) is 0. The van der Waals surface area contributed by atoms with Crippen LogP contribution in [0.2, 0.25) is 0 Å². The lowest BCUT2D eigenvalue weighted by molar-refractivity contribution is -0.132. The molecule has 1 saturated heterocycles. The van der Waals surface area contributed by atoms with E-state index in [0.717, 1.165) is 51.6 Å². The van der Waals surface area contributed by atoms with Gasteiger partial charge >= 0.3 is 0 Å². The van der Waals surface area contributed by atoms with E-state index in [-0.39, 0.29) is 6.04 Å². The molecule has 1 aliphatic rings. The zero-order chi connectivity index (χ0) is 15.9. The highest BCUT2D eigenvalue weighted by molar-refractivity contribution is 5.77. The van der Waals surface area contributed by atoms with E-state index >= 15 is 0 Å². The molecule has 1 heterocycles. The van der Waals surface area contributed by atoms with E-state index < -0.39 is 0 Å². The van der Waals surface area contributed by atoms with Crippen molar-refractivity contribution in [1.29, 1.82) is 0 Å². The first-order valence-corrected chi connectivity index (χ1v) is 8.70. The fourth-order valence-electron chi connectivity index (χ4n) is 3.44. The van der Waals surface area contributed by atoms with E-state index in [1.165, 1.54) is 16.7 Å². The maximum Gasteiger partial charge on any atom is 0.223 e. The first-order chi connectivity index (χ1) is 10.6. The van der Waals surface area contributed by atoms with Gasteiger partial charge < -0.3 is 10.6 Å². The molecule has 0 saturated carbocycles. The number of benzene rings is 1. The highest BCUT2D eigenvalue weighted by Gasteiger charge is 2.30. The third-order valence-corrected chi connectivity index (χ3v) is 4.92. The van der Waals surface area contributed by atoms with Crippen LogP contribution in [0.4, 0.5) is 0 Å². The molecule has 0 bridgehead atoms. The second-order valence-electron chi connectivity index (χ2n) is 6.49. The van der Waals surface area contributed by atoms with Crippen LogP contribution < -0.4 is 5.73 Å². The summed E-state index contributed by atoms with van der Waals surface area (Å²) >= 11 is 0. The van der Waals surface area contributed by atoms with Gasteiger partial charge in [0.15, 0.2) is 0 Å². The molecule has 1 aromatic rings. The predicted octanol–water partition coefficient (Wildman–Crippen LogP) is 3.88. The minimum atomic E-state index is 0.288. The first kappa shape index (κ1) is 17.0. The number of hydrogen-bond acceptors (Lipinski definition) is 2. The molecule has 3 nitrogen and oxygen atoms in total. The molecule has 2 rings (SSSR count). The number of hydrogen-bond donors (Lipinski definition) is 1. The Balaban J connectivity index is 1.95. The van der Waals surface area contributed by atoms with Crippen molar-refractivity contribution in [3.8, 4) is 0 Å². The molecule has 1 atom stereocenters. The number of amides is 1. The molecule has 22 heavy (non-hydrogen) atoms. The Bertz CT molecular complexity index is 498. The summed E-state index contributed by atoms with van der Waals surface area (Å²) < 4.78 is 0. The van der Waals surface area contributed by atoms with Crippen molar-refractivity contribution in [2.75, 3.05) is 13.1 Å². The number of carbonyl (C=O) groups is 1. The van der Waals surface area contributed by atoms with E-state index in [0.29, 0.717) is 12.3 Å². The summed E-state index contributed by atoms with van der Waals surface area (Å²) in [4.78, 5) is 14.7. The van der Waals surface area contributed by atoms with Gasteiger partial charge in [0.05, 0.1) is 6.04 Å². The van der Waals surface area contributed by atoms with Gasteiger partial charge in [-0.3, -0.25) is 4.79 Å². The quantitative estimate of drug-likeness (QED) is 0.777. The molecule has 0 aliphatic carbocycles. The highest BCUT2D eigenvalue weighted by atomic mass is 16.2. The Morgan fingerprint density at radius 1 is 1.23 bits per heavy atom. The molecule has 1 aromatic carbocycles. The van der Waals surface area contributed by atoms with Crippen LogP contribution in [0.25, 0.3) is 0 Å². The smallest absolute Gasteiger partial charge is 0.223 e. The summed E-state index contributed by atoms with van der Waals surface area (Å²) in [5.74, 6) is 0.330. The SMILES string of the molecule is Cc1cccc(C2CCCN2C(=O)CCCCCCN)c1C. The molecule has 1 fully saturated rings. The van der Waals surface area contributed by atoms with Gasteiger partial charge in [-0.25, -0.2) is 0 Å². The van der Waals surface area contributed by atoms with E-state index in [2.05, 4.69) is 36.9 Å². The molecule has 1 aliphatic heterocycles. The zero-order valence-corrected chi connectivity index (χ0v) is 14.1. The average Bonchev–Trinajstić information content (AvgIpc) is 2.99. The van der Waals surface area contributed by atoms with E-state index in [9.17, 15) is 4.79 Å². The van der Waals surface area contributed by atoms with E-state index in [1.54, 1.807) is 0 Å². The Hall–Kier alpha value is -1.35. The van der Waals surface area contributed by atoms with Crippen molar-refractivity contribution in [2.45, 2.75) is 64.8 Å². The lowest BCUT2D eigenvalue weighted by atomic mass is 9.96. The van der Waals surface area contributed by atoms with E-state index in [1.807, 2.05) is 0 Å². The van der Waals surface area contributed by atoms with Crippen LogP contribution in [-0.4, -0.2) is 23.9 Å². The molecule has 2 N–H and O–H groups in total. The third-order valence-electron chi connectivity index (χ3n) is 4.92. The fourth-order valence-corrected chi connectivity index (χ4v) is 3.44. The molecule has 3 heteroatoms. The van der Waals surface area contributed by atoms with Gasteiger partial charge in [0.2, 0.25) is 5.91 Å². The number of nitrogens with two attached hydrogens (primary N) is 1. The molecular formula is C19H30N2O. The minimum Gasteiger partial charge on any atom is -0.336 e. The van der Waals surface area contributed by atoms with Crippen LogP contribution in [0.3, 0.4) is 0 Å². The minimum absolute atomic E-state index is 0.288. The summed E-state index contributed by atoms with van der Waals surface area (Å²) in [5, 5.41) is 0. The topological polar surface area (TPSA) is 46.3 Å². The number of nitrogens with zero attached hydrogens (tertiary/aromatic N) is 1. The number of unbranched alkanes of at least 4 members (excludes halogenated alkanes) is 3. The van der Waals surface area contributed by atoms with Gasteiger partial charge in [-0.1, -0.05) is 31.0 Å². The second kappa shape index (κ2) is 8.33. The van der Waals surface area contributed by atoms with Crippen molar-refractivity contribution in [1.82, 2.24) is 4.90 Å². The monoisotopic (exact) mass is 302 g/mol. The fraction of sp³-hybridized carbons (Fsp3) is 0.632. The van der Waals surface area contributed by atoms with Gasteiger partial charge in [-0.2, -0.15) is 0 Å². The number of aryl methyl sites for hydroxylation is 1. The van der Waals surface area contributed by atoms with Crippen LogP contribution in [0.5, 0.6) is 0 Å². The molecule has 1 amide bonds. The van der Waals surface area contributed by atoms with Gasteiger partial charge in [-0.05, 0) is 62.8 Å². The first-order valence-electron chi connectivity index (χ1n) is 8.70. The van der Waals surface area contributed by atoms with Crippen LogP contribution >= 0.6 is 0 Å². The standard InChI is InChI=1S/C19H30N2O/c1-15-9-7-10-17(16(15)2)18-11-8-14-21(18)19(22)12-5-3-4-6-13-20/h7,9-10,18H,3-6,8,11-14,20H2,1-2H3. The van der Waals surface area contributed by atoms with Crippen LogP contribution in [-0.2, 0) is 4.79 Å². The van der Waals surface area contributed by atoms with Crippen LogP contribution in [0.1, 0.15) is 67.7 Å². The predicted molar refractivity (Wildman–Crippen MR) is 91.7 cm³/mol. The van der Waals surface area contributed by atoms with E-state index in [4.69, 9.17) is 5.73 Å². The lowest BCUT2D eigenvalue weighted by Crippen LogP contribution is -2.30. The van der Waals surface area contributed by atoms with Crippen molar-refractivity contribution in [2.24, 2.45) is 5.73 Å². The molecule has 1 unspecified atom stereocenters. The normalized spacial score (nSPS) is 18.0. The molecule has 0 aromatic heterocycles. The molecular weight excluding hydrogens is 272 g/mol. The number of rotatable bonds is 7. The maximum atomic E-state index is 12.6. The van der Waals surface area contributed by atoms with Gasteiger partial charge in [0.1, 0.15) is 0 Å². The zero-order valence-electron chi connectivity index (χ0n) is 14.1. The van der Waals surface area contributed by atoms with Crippen LogP contribution in [0.15, 0.2) is 18.2 Å². The molecule has 0 radical (unpaired) electrons. The van der Waals surface area contributed by atoms with Crippen molar-refractivity contribution >= 4 is 5.91 Å². The average molecular weight is 302 g/mol. The van der Waals surface area contributed by atoms with Gasteiger partial charge in [0, 0.05) is 13.0 Å². The van der Waals surface area contributed by atoms with Crippen LogP contribution in [0, 0.1) is 13.8 Å². The maximum absolute atomic E-state index is 12.6. The van der Waals surface area contributed by atoms with Crippen molar-refractivity contribution in [3.05, 3.63) is 34.9 Å². The lowest BCUT2D eigenvalue weighted by Gasteiger charge is -2.27. The number of carbonyl (C=O) groups excluding carboxylic acids is 1. The van der Waals surface area contributed by atoms with Crippen molar-refractivity contribution < 1.29 is 4.79 Å². The second-order valence-corrected chi connectivity index (χ2v) is 6.49. The van der Waals surface area contributed by atoms with Crippen molar-refractivity contribution in [3.63, 3.8) is 0 Å². The van der Waals surface area contributed by atoms with Gasteiger partial charge in [-0.15, -0.1) is 0 Å². The Kier molecular flexibility index (Phi) is 6.44. The summed E-state index contributed by atoms with van der Waals surface area (Å²) in [6.07, 6.45) is 7.24. The molecule has 0 spiro atoms. The summed E-state index contributed by atoms with van der Waals surface area (Å²) in [6, 6.07) is 6.75. The Morgan fingerprint density at radius 3 is 2.77 bits per heavy atom. The summed E-state index contributed by atoms with van der Waals surface area (Å²) in [6.45, 7) is 6.00. The summed E-state index contributed by atoms with van der Waals surface area (Å²) in [5.41, 5.74) is 9.51. The third kappa shape index (κ3) is 4.10. The highest BCUT2D eigenvalue weighted by Crippen LogP contribution is 2.35.